The minimum absolute atomic E-state index is 0.0107. The SMILES string of the molecule is CC[C@@H](C)CN(CC(=O)N1CCc2sccc2[C@@H]1COc1ccccc1F)C(=O)c1cccs1. The highest BCUT2D eigenvalue weighted by atomic mass is 32.1. The Kier molecular flexibility index (Phi) is 8.00. The van der Waals surface area contributed by atoms with Crippen LogP contribution in [-0.4, -0.2) is 47.9 Å². The Balaban J connectivity index is 1.54. The minimum Gasteiger partial charge on any atom is -0.488 e. The summed E-state index contributed by atoms with van der Waals surface area (Å²) in [5, 5.41) is 3.89. The topological polar surface area (TPSA) is 49.9 Å². The lowest BCUT2D eigenvalue weighted by molar-refractivity contribution is -0.135. The molecule has 1 aromatic carbocycles. The number of fused-ring (bicyclic) bond motifs is 1. The normalized spacial score (nSPS) is 16.1. The molecule has 0 spiro atoms. The molecule has 4 rings (SSSR count). The van der Waals surface area contributed by atoms with E-state index in [0.717, 1.165) is 18.4 Å². The van der Waals surface area contributed by atoms with Crippen molar-refractivity contribution in [1.29, 1.82) is 0 Å². The molecule has 34 heavy (non-hydrogen) atoms. The van der Waals surface area contributed by atoms with Crippen LogP contribution in [-0.2, 0) is 11.2 Å². The van der Waals surface area contributed by atoms with Gasteiger partial charge in [0, 0.05) is 18.0 Å². The van der Waals surface area contributed by atoms with E-state index >= 15 is 0 Å². The first-order valence-corrected chi connectivity index (χ1v) is 13.3. The molecule has 0 fully saturated rings. The van der Waals surface area contributed by atoms with Gasteiger partial charge in [0.05, 0.1) is 10.9 Å². The summed E-state index contributed by atoms with van der Waals surface area (Å²) in [6.45, 7) is 5.40. The van der Waals surface area contributed by atoms with E-state index in [1.165, 1.54) is 22.3 Å². The van der Waals surface area contributed by atoms with Crippen LogP contribution in [0.25, 0.3) is 0 Å². The molecule has 0 unspecified atom stereocenters. The summed E-state index contributed by atoms with van der Waals surface area (Å²) in [7, 11) is 0. The molecule has 0 radical (unpaired) electrons. The van der Waals surface area contributed by atoms with Gasteiger partial charge in [-0.2, -0.15) is 0 Å². The molecular formula is C26H29FN2O3S2. The predicted molar refractivity (Wildman–Crippen MR) is 134 cm³/mol. The van der Waals surface area contributed by atoms with Crippen molar-refractivity contribution in [2.75, 3.05) is 26.2 Å². The first-order chi connectivity index (χ1) is 16.5. The summed E-state index contributed by atoms with van der Waals surface area (Å²) in [6, 6.07) is 11.6. The number of hydrogen-bond acceptors (Lipinski definition) is 5. The molecule has 1 aliphatic heterocycles. The van der Waals surface area contributed by atoms with Gasteiger partial charge in [0.2, 0.25) is 5.91 Å². The first kappa shape index (κ1) is 24.4. The van der Waals surface area contributed by atoms with Gasteiger partial charge < -0.3 is 14.5 Å². The van der Waals surface area contributed by atoms with Crippen molar-refractivity contribution in [2.45, 2.75) is 32.7 Å². The van der Waals surface area contributed by atoms with Crippen molar-refractivity contribution in [3.05, 3.63) is 74.4 Å². The zero-order valence-electron chi connectivity index (χ0n) is 19.4. The maximum Gasteiger partial charge on any atom is 0.264 e. The number of rotatable bonds is 9. The fourth-order valence-electron chi connectivity index (χ4n) is 4.14. The van der Waals surface area contributed by atoms with Crippen molar-refractivity contribution in [1.82, 2.24) is 9.80 Å². The summed E-state index contributed by atoms with van der Waals surface area (Å²) >= 11 is 3.05. The van der Waals surface area contributed by atoms with Gasteiger partial charge in [-0.25, -0.2) is 4.39 Å². The molecule has 0 saturated carbocycles. The van der Waals surface area contributed by atoms with Crippen LogP contribution in [0.3, 0.4) is 0 Å². The van der Waals surface area contributed by atoms with E-state index in [1.54, 1.807) is 45.4 Å². The Labute approximate surface area is 207 Å². The van der Waals surface area contributed by atoms with Crippen LogP contribution in [0, 0.1) is 11.7 Å². The van der Waals surface area contributed by atoms with Crippen molar-refractivity contribution in [3.63, 3.8) is 0 Å². The smallest absolute Gasteiger partial charge is 0.264 e. The zero-order chi connectivity index (χ0) is 24.1. The zero-order valence-corrected chi connectivity index (χ0v) is 21.0. The van der Waals surface area contributed by atoms with Crippen LogP contribution in [0.2, 0.25) is 0 Å². The lowest BCUT2D eigenvalue weighted by atomic mass is 10.00. The number of nitrogens with zero attached hydrogens (tertiary/aromatic N) is 2. The van der Waals surface area contributed by atoms with Crippen molar-refractivity contribution < 1.29 is 18.7 Å². The van der Waals surface area contributed by atoms with Gasteiger partial charge in [-0.05, 0) is 52.9 Å². The number of amides is 2. The molecule has 2 amide bonds. The van der Waals surface area contributed by atoms with Gasteiger partial charge in [-0.3, -0.25) is 9.59 Å². The van der Waals surface area contributed by atoms with Crippen LogP contribution in [0.15, 0.2) is 53.2 Å². The highest BCUT2D eigenvalue weighted by Gasteiger charge is 2.34. The predicted octanol–water partition coefficient (Wildman–Crippen LogP) is 5.64. The molecular weight excluding hydrogens is 471 g/mol. The number of para-hydroxylation sites is 1. The number of benzene rings is 1. The Hall–Kier alpha value is -2.71. The largest absolute Gasteiger partial charge is 0.488 e. The van der Waals surface area contributed by atoms with E-state index < -0.39 is 5.82 Å². The summed E-state index contributed by atoms with van der Waals surface area (Å²) in [4.78, 5) is 32.1. The third kappa shape index (κ3) is 5.50. The van der Waals surface area contributed by atoms with Gasteiger partial charge in [-0.15, -0.1) is 22.7 Å². The van der Waals surface area contributed by atoms with Crippen LogP contribution in [0.5, 0.6) is 5.75 Å². The number of carbonyl (C=O) groups excluding carboxylic acids is 2. The molecule has 0 N–H and O–H groups in total. The Bertz CT molecular complexity index is 1110. The standard InChI is InChI=1S/C26H29FN2O3S2/c1-3-18(2)15-28(26(31)24-9-6-13-33-24)16-25(30)29-12-10-23-19(11-14-34-23)21(29)17-32-22-8-5-4-7-20(22)27/h4-9,11,13-14,18,21H,3,10,12,15-17H2,1-2H3/t18-,21+/m1/s1. The number of thiophene rings is 2. The fraction of sp³-hybridized carbons (Fsp3) is 0.385. The van der Waals surface area contributed by atoms with Gasteiger partial charge in [-0.1, -0.05) is 38.5 Å². The molecule has 2 atom stereocenters. The Morgan fingerprint density at radius 3 is 2.74 bits per heavy atom. The lowest BCUT2D eigenvalue weighted by Gasteiger charge is -2.37. The van der Waals surface area contributed by atoms with Crippen LogP contribution >= 0.6 is 22.7 Å². The van der Waals surface area contributed by atoms with Crippen LogP contribution < -0.4 is 4.74 Å². The van der Waals surface area contributed by atoms with Crippen LogP contribution in [0.4, 0.5) is 4.39 Å². The van der Waals surface area contributed by atoms with E-state index in [4.69, 9.17) is 4.74 Å². The third-order valence-electron chi connectivity index (χ3n) is 6.22. The molecule has 2 aromatic heterocycles. The second-order valence-electron chi connectivity index (χ2n) is 8.57. The van der Waals surface area contributed by atoms with Crippen molar-refractivity contribution in [3.8, 4) is 5.75 Å². The summed E-state index contributed by atoms with van der Waals surface area (Å²) in [5.41, 5.74) is 1.04. The van der Waals surface area contributed by atoms with Crippen molar-refractivity contribution in [2.24, 2.45) is 5.92 Å². The Morgan fingerprint density at radius 1 is 1.18 bits per heavy atom. The first-order valence-electron chi connectivity index (χ1n) is 11.5. The maximum atomic E-state index is 14.1. The monoisotopic (exact) mass is 500 g/mol. The van der Waals surface area contributed by atoms with Gasteiger partial charge in [0.15, 0.2) is 11.6 Å². The molecule has 0 aliphatic carbocycles. The molecule has 180 valence electrons. The number of halogens is 1. The molecule has 8 heteroatoms. The highest BCUT2D eigenvalue weighted by Crippen LogP contribution is 2.34. The van der Waals surface area contributed by atoms with Gasteiger partial charge in [0.1, 0.15) is 13.2 Å². The van der Waals surface area contributed by atoms with E-state index in [2.05, 4.69) is 13.8 Å². The summed E-state index contributed by atoms with van der Waals surface area (Å²) < 4.78 is 20.0. The highest BCUT2D eigenvalue weighted by molar-refractivity contribution is 7.12. The molecule has 5 nitrogen and oxygen atoms in total. The average Bonchev–Trinajstić information content (AvgIpc) is 3.54. The minimum atomic E-state index is -0.428. The fourth-order valence-corrected chi connectivity index (χ4v) is 5.76. The van der Waals surface area contributed by atoms with E-state index in [0.29, 0.717) is 18.0 Å². The molecule has 0 bridgehead atoms. The third-order valence-corrected chi connectivity index (χ3v) is 8.08. The second kappa shape index (κ2) is 11.1. The molecule has 0 saturated heterocycles. The van der Waals surface area contributed by atoms with E-state index in [9.17, 15) is 14.0 Å². The molecule has 3 aromatic rings. The lowest BCUT2D eigenvalue weighted by Crippen LogP contribution is -2.48. The van der Waals surface area contributed by atoms with E-state index in [-0.39, 0.29) is 42.7 Å². The average molecular weight is 501 g/mol. The quantitative estimate of drug-likeness (QED) is 0.382. The number of carbonyl (C=O) groups is 2. The Morgan fingerprint density at radius 2 is 2.00 bits per heavy atom. The molecule has 3 heterocycles. The molecule has 1 aliphatic rings. The summed E-state index contributed by atoms with van der Waals surface area (Å²) in [5.74, 6) is -0.212. The summed E-state index contributed by atoms with van der Waals surface area (Å²) in [6.07, 6.45) is 1.68. The number of hydrogen-bond donors (Lipinski definition) is 0. The number of ether oxygens (including phenoxy) is 1. The maximum absolute atomic E-state index is 14.1. The van der Waals surface area contributed by atoms with E-state index in [1.807, 2.05) is 22.9 Å². The van der Waals surface area contributed by atoms with Gasteiger partial charge >= 0.3 is 0 Å². The van der Waals surface area contributed by atoms with Crippen molar-refractivity contribution >= 4 is 34.5 Å². The van der Waals surface area contributed by atoms with Crippen LogP contribution in [0.1, 0.15) is 46.4 Å². The second-order valence-corrected chi connectivity index (χ2v) is 10.5. The van der Waals surface area contributed by atoms with Gasteiger partial charge in [0.25, 0.3) is 5.91 Å².